The SMILES string of the molecule is Cc1ccc(-c2ccc3c(c2)c2ccccc2c2cc4c(cc32)c2cc(-c3ccccc3)ccc2n4-c2cc(-c3cccc4ccccc34)nc(-c3cccc4ccccc34)c2)cc1. The molecular formula is C62H40N2. The Morgan fingerprint density at radius 3 is 1.42 bits per heavy atom. The highest BCUT2D eigenvalue weighted by atomic mass is 15.0. The third-order valence-corrected chi connectivity index (χ3v) is 13.4. The van der Waals surface area contributed by atoms with Crippen molar-refractivity contribution >= 4 is 75.7 Å². The molecule has 2 nitrogen and oxygen atoms in total. The van der Waals surface area contributed by atoms with Crippen LogP contribution in [0.5, 0.6) is 0 Å². The number of aromatic nitrogens is 2. The van der Waals surface area contributed by atoms with Crippen molar-refractivity contribution in [3.8, 4) is 50.5 Å². The smallest absolute Gasteiger partial charge is 0.0736 e. The lowest BCUT2D eigenvalue weighted by Crippen LogP contribution is -1.99. The van der Waals surface area contributed by atoms with E-state index in [4.69, 9.17) is 4.98 Å². The van der Waals surface area contributed by atoms with Gasteiger partial charge in [0.2, 0.25) is 0 Å². The fourth-order valence-corrected chi connectivity index (χ4v) is 10.3. The Labute approximate surface area is 370 Å². The van der Waals surface area contributed by atoms with Crippen LogP contribution >= 0.6 is 0 Å². The van der Waals surface area contributed by atoms with Gasteiger partial charge in [0.25, 0.3) is 0 Å². The van der Waals surface area contributed by atoms with Crippen LogP contribution in [-0.2, 0) is 0 Å². The lowest BCUT2D eigenvalue weighted by atomic mass is 9.91. The standard InChI is InChI=1S/C62H40N2/c1-39-25-27-41(28-26-39)44-29-31-51-54(33-44)49-21-9-10-22-50(49)56-38-62-58(37-55(51)56)57-34-45(40-13-3-2-4-14-40)30-32-61(57)64(62)46-35-59(52-23-11-17-42-15-5-7-19-47(42)52)63-60(36-46)53-24-12-18-43-16-6-8-20-48(43)53/h2-38H,1H3. The molecule has 0 fully saturated rings. The molecule has 0 amide bonds. The molecule has 0 saturated heterocycles. The minimum Gasteiger partial charge on any atom is -0.309 e. The first-order chi connectivity index (χ1) is 31.6. The van der Waals surface area contributed by atoms with E-state index >= 15 is 0 Å². The van der Waals surface area contributed by atoms with Crippen molar-refractivity contribution in [3.05, 3.63) is 230 Å². The van der Waals surface area contributed by atoms with Crippen molar-refractivity contribution < 1.29 is 0 Å². The summed E-state index contributed by atoms with van der Waals surface area (Å²) in [6, 6.07) is 82.5. The van der Waals surface area contributed by atoms with Gasteiger partial charge in [-0.1, -0.05) is 188 Å². The summed E-state index contributed by atoms with van der Waals surface area (Å²) in [4.78, 5) is 5.54. The molecule has 2 heterocycles. The minimum absolute atomic E-state index is 0.940. The largest absolute Gasteiger partial charge is 0.309 e. The summed E-state index contributed by atoms with van der Waals surface area (Å²) in [5.41, 5.74) is 13.6. The van der Waals surface area contributed by atoms with Crippen LogP contribution in [0.3, 0.4) is 0 Å². The minimum atomic E-state index is 0.940. The van der Waals surface area contributed by atoms with Crippen LogP contribution in [0, 0.1) is 6.92 Å². The van der Waals surface area contributed by atoms with E-state index in [2.05, 4.69) is 236 Å². The number of hydrogen-bond acceptors (Lipinski definition) is 1. The Hall–Kier alpha value is -8.33. The van der Waals surface area contributed by atoms with E-state index < -0.39 is 0 Å². The quantitative estimate of drug-likeness (QED) is 0.158. The molecule has 0 unspecified atom stereocenters. The molecule has 13 rings (SSSR count). The molecule has 0 spiro atoms. The summed E-state index contributed by atoms with van der Waals surface area (Å²) < 4.78 is 2.49. The summed E-state index contributed by atoms with van der Waals surface area (Å²) >= 11 is 0. The van der Waals surface area contributed by atoms with E-state index in [1.807, 2.05) is 0 Å². The third kappa shape index (κ3) is 5.77. The van der Waals surface area contributed by atoms with E-state index in [1.165, 1.54) is 92.5 Å². The molecular weight excluding hydrogens is 773 g/mol. The second kappa shape index (κ2) is 14.4. The van der Waals surface area contributed by atoms with Gasteiger partial charge in [-0.15, -0.1) is 0 Å². The first kappa shape index (κ1) is 36.3. The summed E-state index contributed by atoms with van der Waals surface area (Å²) in [6.45, 7) is 2.15. The number of pyridine rings is 1. The zero-order valence-corrected chi connectivity index (χ0v) is 35.3. The Morgan fingerprint density at radius 2 is 0.766 bits per heavy atom. The summed E-state index contributed by atoms with van der Waals surface area (Å²) in [7, 11) is 0. The van der Waals surface area contributed by atoms with Crippen molar-refractivity contribution in [1.82, 2.24) is 9.55 Å². The molecule has 0 bridgehead atoms. The molecule has 298 valence electrons. The Morgan fingerprint density at radius 1 is 0.297 bits per heavy atom. The van der Waals surface area contributed by atoms with Gasteiger partial charge in [0.05, 0.1) is 28.1 Å². The zero-order valence-electron chi connectivity index (χ0n) is 35.3. The maximum Gasteiger partial charge on any atom is 0.0736 e. The van der Waals surface area contributed by atoms with Gasteiger partial charge in [0.15, 0.2) is 0 Å². The molecule has 13 aromatic rings. The Bertz CT molecular complexity index is 3900. The van der Waals surface area contributed by atoms with E-state index in [1.54, 1.807) is 0 Å². The fraction of sp³-hybridized carbons (Fsp3) is 0.0161. The third-order valence-electron chi connectivity index (χ3n) is 13.4. The normalized spacial score (nSPS) is 11.8. The van der Waals surface area contributed by atoms with Gasteiger partial charge < -0.3 is 4.57 Å². The first-order valence-electron chi connectivity index (χ1n) is 22.1. The monoisotopic (exact) mass is 812 g/mol. The van der Waals surface area contributed by atoms with Crippen LogP contribution in [0.25, 0.3) is 126 Å². The number of aryl methyl sites for hydroxylation is 1. The number of fused-ring (bicyclic) bond motifs is 11. The lowest BCUT2D eigenvalue weighted by Gasteiger charge is -2.16. The Balaban J connectivity index is 1.15. The van der Waals surface area contributed by atoms with Gasteiger partial charge in [0, 0.05) is 21.9 Å². The topological polar surface area (TPSA) is 17.8 Å². The summed E-state index contributed by atoms with van der Waals surface area (Å²) in [5, 5.41) is 14.7. The second-order valence-corrected chi connectivity index (χ2v) is 17.2. The highest BCUT2D eigenvalue weighted by Gasteiger charge is 2.20. The first-order valence-corrected chi connectivity index (χ1v) is 22.1. The molecule has 0 aliphatic heterocycles. The van der Waals surface area contributed by atoms with Crippen LogP contribution in [0.15, 0.2) is 224 Å². The maximum atomic E-state index is 5.54. The summed E-state index contributed by atoms with van der Waals surface area (Å²) in [6.07, 6.45) is 0. The zero-order chi connectivity index (χ0) is 42.3. The number of benzene rings is 11. The molecule has 2 heteroatoms. The average Bonchev–Trinajstić information content (AvgIpc) is 3.68. The predicted molar refractivity (Wildman–Crippen MR) is 273 cm³/mol. The average molecular weight is 813 g/mol. The van der Waals surface area contributed by atoms with Gasteiger partial charge in [-0.2, -0.15) is 0 Å². The van der Waals surface area contributed by atoms with E-state index in [-0.39, 0.29) is 0 Å². The van der Waals surface area contributed by atoms with Crippen molar-refractivity contribution in [2.24, 2.45) is 0 Å². The van der Waals surface area contributed by atoms with Gasteiger partial charge in [-0.3, -0.25) is 0 Å². The fourth-order valence-electron chi connectivity index (χ4n) is 10.3. The van der Waals surface area contributed by atoms with Crippen LogP contribution in [0.1, 0.15) is 5.56 Å². The van der Waals surface area contributed by atoms with Crippen molar-refractivity contribution in [2.75, 3.05) is 0 Å². The molecule has 0 aliphatic carbocycles. The Kier molecular flexibility index (Phi) is 8.16. The van der Waals surface area contributed by atoms with Gasteiger partial charge in [0.1, 0.15) is 0 Å². The molecule has 0 saturated carbocycles. The highest BCUT2D eigenvalue weighted by molar-refractivity contribution is 6.29. The van der Waals surface area contributed by atoms with E-state index in [9.17, 15) is 0 Å². The van der Waals surface area contributed by atoms with E-state index in [0.29, 0.717) is 0 Å². The molecule has 0 radical (unpaired) electrons. The van der Waals surface area contributed by atoms with E-state index in [0.717, 1.165) is 39.2 Å². The van der Waals surface area contributed by atoms with Crippen molar-refractivity contribution in [1.29, 1.82) is 0 Å². The predicted octanol–water partition coefficient (Wildman–Crippen LogP) is 16.9. The lowest BCUT2D eigenvalue weighted by molar-refractivity contribution is 1.16. The molecule has 11 aromatic carbocycles. The van der Waals surface area contributed by atoms with Crippen LogP contribution < -0.4 is 0 Å². The molecule has 0 N–H and O–H groups in total. The second-order valence-electron chi connectivity index (χ2n) is 17.2. The summed E-state index contributed by atoms with van der Waals surface area (Å²) in [5.74, 6) is 0. The van der Waals surface area contributed by atoms with Crippen LogP contribution in [-0.4, -0.2) is 9.55 Å². The molecule has 0 atom stereocenters. The maximum absolute atomic E-state index is 5.54. The van der Waals surface area contributed by atoms with Crippen LogP contribution in [0.4, 0.5) is 0 Å². The number of rotatable bonds is 5. The van der Waals surface area contributed by atoms with Crippen molar-refractivity contribution in [2.45, 2.75) is 6.92 Å². The number of hydrogen-bond donors (Lipinski definition) is 0. The van der Waals surface area contributed by atoms with Gasteiger partial charge >= 0.3 is 0 Å². The van der Waals surface area contributed by atoms with Gasteiger partial charge in [-0.25, -0.2) is 4.98 Å². The highest BCUT2D eigenvalue weighted by Crippen LogP contribution is 2.44. The molecule has 0 aliphatic rings. The number of nitrogens with zero attached hydrogens (tertiary/aromatic N) is 2. The van der Waals surface area contributed by atoms with Gasteiger partial charge in [-0.05, 0) is 126 Å². The molecule has 64 heavy (non-hydrogen) atoms. The van der Waals surface area contributed by atoms with Crippen LogP contribution in [0.2, 0.25) is 0 Å². The molecule has 2 aromatic heterocycles. The van der Waals surface area contributed by atoms with Crippen molar-refractivity contribution in [3.63, 3.8) is 0 Å².